The van der Waals surface area contributed by atoms with Gasteiger partial charge in [-0.15, -0.1) is 0 Å². The van der Waals surface area contributed by atoms with Gasteiger partial charge in [-0.1, -0.05) is 11.6 Å². The van der Waals surface area contributed by atoms with Crippen molar-refractivity contribution in [3.63, 3.8) is 0 Å². The van der Waals surface area contributed by atoms with Crippen molar-refractivity contribution in [3.05, 3.63) is 33.8 Å². The maximum absolute atomic E-state index is 12.6. The molecule has 1 aromatic rings. The molecule has 0 aromatic heterocycles. The Morgan fingerprint density at radius 2 is 2.11 bits per heavy atom. The zero-order valence-electron chi connectivity index (χ0n) is 9.14. The number of methoxy groups -OCH3 is 1. The van der Waals surface area contributed by atoms with Crippen LogP contribution in [0.3, 0.4) is 0 Å². The van der Waals surface area contributed by atoms with Crippen molar-refractivity contribution in [2.45, 2.75) is 12.6 Å². The molecule has 1 rings (SSSR count). The lowest BCUT2D eigenvalue weighted by Gasteiger charge is -2.12. The highest BCUT2D eigenvalue weighted by molar-refractivity contribution is 6.31. The molecule has 0 atom stereocenters. The number of esters is 1. The fourth-order valence-corrected chi connectivity index (χ4v) is 1.73. The first-order valence-electron chi connectivity index (χ1n) is 4.66. The van der Waals surface area contributed by atoms with Gasteiger partial charge in [0.15, 0.2) is 0 Å². The van der Waals surface area contributed by atoms with E-state index in [1.54, 1.807) is 0 Å². The van der Waals surface area contributed by atoms with Crippen LogP contribution in [0.15, 0.2) is 12.1 Å². The Bertz CT molecular complexity index is 520. The van der Waals surface area contributed by atoms with Gasteiger partial charge in [-0.2, -0.15) is 18.4 Å². The number of alkyl halides is 3. The molecule has 18 heavy (non-hydrogen) atoms. The Labute approximate surface area is 106 Å². The fraction of sp³-hybridized carbons (Fsp3) is 0.273. The maximum Gasteiger partial charge on any atom is 0.419 e. The lowest BCUT2D eigenvalue weighted by atomic mass is 10.0. The molecule has 0 heterocycles. The van der Waals surface area contributed by atoms with Gasteiger partial charge in [0.05, 0.1) is 35.7 Å². The number of carbonyl (C=O) groups excluding carboxylic acids is 1. The number of hydrogen-bond donors (Lipinski definition) is 0. The van der Waals surface area contributed by atoms with Gasteiger partial charge in [-0.05, 0) is 17.7 Å². The van der Waals surface area contributed by atoms with Crippen molar-refractivity contribution in [3.8, 4) is 6.07 Å². The molecule has 0 saturated carbocycles. The molecule has 0 amide bonds. The first-order valence-corrected chi connectivity index (χ1v) is 5.04. The second kappa shape index (κ2) is 5.27. The minimum atomic E-state index is -4.72. The zero-order valence-corrected chi connectivity index (χ0v) is 9.89. The van der Waals surface area contributed by atoms with Gasteiger partial charge in [-0.3, -0.25) is 4.79 Å². The van der Waals surface area contributed by atoms with E-state index in [9.17, 15) is 18.0 Å². The average molecular weight is 278 g/mol. The Hall–Kier alpha value is -1.74. The summed E-state index contributed by atoms with van der Waals surface area (Å²) in [5.74, 6) is -0.630. The number of benzene rings is 1. The molecule has 96 valence electrons. The standard InChI is InChI=1S/C11H7ClF3NO2/c1-18-9(17)4-6-2-7(5-16)10(8(12)3-6)11(13,14)15/h2-3H,4H2,1H3. The highest BCUT2D eigenvalue weighted by Crippen LogP contribution is 2.37. The molecule has 0 aliphatic heterocycles. The summed E-state index contributed by atoms with van der Waals surface area (Å²) < 4.78 is 42.3. The van der Waals surface area contributed by atoms with Gasteiger partial charge >= 0.3 is 12.1 Å². The van der Waals surface area contributed by atoms with Crippen molar-refractivity contribution >= 4 is 17.6 Å². The number of nitriles is 1. The SMILES string of the molecule is COC(=O)Cc1cc(Cl)c(C(F)(F)F)c(C#N)c1. The summed E-state index contributed by atoms with van der Waals surface area (Å²) in [7, 11) is 1.15. The van der Waals surface area contributed by atoms with Crippen LogP contribution in [-0.4, -0.2) is 13.1 Å². The number of rotatable bonds is 2. The van der Waals surface area contributed by atoms with E-state index >= 15 is 0 Å². The smallest absolute Gasteiger partial charge is 0.419 e. The van der Waals surface area contributed by atoms with Crippen molar-refractivity contribution in [2.24, 2.45) is 0 Å². The van der Waals surface area contributed by atoms with E-state index in [4.69, 9.17) is 16.9 Å². The van der Waals surface area contributed by atoms with Crippen LogP contribution in [0.4, 0.5) is 13.2 Å². The van der Waals surface area contributed by atoms with Crippen molar-refractivity contribution in [1.82, 2.24) is 0 Å². The average Bonchev–Trinajstić information content (AvgIpc) is 2.25. The number of nitrogens with zero attached hydrogens (tertiary/aromatic N) is 1. The summed E-state index contributed by atoms with van der Waals surface area (Å²) in [6.45, 7) is 0. The van der Waals surface area contributed by atoms with E-state index in [0.717, 1.165) is 19.2 Å². The Morgan fingerprint density at radius 1 is 1.50 bits per heavy atom. The topological polar surface area (TPSA) is 50.1 Å². The van der Waals surface area contributed by atoms with Gasteiger partial charge in [0.1, 0.15) is 0 Å². The maximum atomic E-state index is 12.6. The quantitative estimate of drug-likeness (QED) is 0.781. The molecule has 0 aliphatic carbocycles. The van der Waals surface area contributed by atoms with E-state index in [2.05, 4.69) is 4.74 Å². The van der Waals surface area contributed by atoms with Crippen LogP contribution < -0.4 is 0 Å². The summed E-state index contributed by atoms with van der Waals surface area (Å²) in [4.78, 5) is 11.0. The lowest BCUT2D eigenvalue weighted by Crippen LogP contribution is -2.11. The predicted molar refractivity (Wildman–Crippen MR) is 56.9 cm³/mol. The van der Waals surface area contributed by atoms with E-state index < -0.39 is 28.3 Å². The highest BCUT2D eigenvalue weighted by atomic mass is 35.5. The number of hydrogen-bond acceptors (Lipinski definition) is 3. The molecule has 0 bridgehead atoms. The molecule has 7 heteroatoms. The highest BCUT2D eigenvalue weighted by Gasteiger charge is 2.36. The van der Waals surface area contributed by atoms with Crippen molar-refractivity contribution < 1.29 is 22.7 Å². The van der Waals surface area contributed by atoms with Crippen LogP contribution in [0.5, 0.6) is 0 Å². The molecule has 0 unspecified atom stereocenters. The monoisotopic (exact) mass is 277 g/mol. The second-order valence-corrected chi connectivity index (χ2v) is 3.77. The molecule has 3 nitrogen and oxygen atoms in total. The number of carbonyl (C=O) groups is 1. The Kier molecular flexibility index (Phi) is 4.19. The third kappa shape index (κ3) is 3.14. The summed E-state index contributed by atoms with van der Waals surface area (Å²) in [6, 6.07) is 3.40. The minimum Gasteiger partial charge on any atom is -0.469 e. The summed E-state index contributed by atoms with van der Waals surface area (Å²) in [6.07, 6.45) is -4.96. The molecule has 0 fully saturated rings. The van der Waals surface area contributed by atoms with E-state index in [1.807, 2.05) is 0 Å². The van der Waals surface area contributed by atoms with E-state index in [1.165, 1.54) is 6.07 Å². The van der Waals surface area contributed by atoms with Gasteiger partial charge in [0, 0.05) is 0 Å². The minimum absolute atomic E-state index is 0.191. The number of ether oxygens (including phenoxy) is 1. The molecule has 0 aliphatic rings. The molecule has 0 N–H and O–H groups in total. The van der Waals surface area contributed by atoms with E-state index in [0.29, 0.717) is 0 Å². The van der Waals surface area contributed by atoms with Crippen LogP contribution in [0.1, 0.15) is 16.7 Å². The third-order valence-corrected chi connectivity index (χ3v) is 2.43. The third-order valence-electron chi connectivity index (χ3n) is 2.13. The largest absolute Gasteiger partial charge is 0.469 e. The van der Waals surface area contributed by atoms with Crippen LogP contribution in [-0.2, 0) is 22.1 Å². The van der Waals surface area contributed by atoms with Crippen LogP contribution >= 0.6 is 11.6 Å². The lowest BCUT2D eigenvalue weighted by molar-refractivity contribution is -0.139. The molecular weight excluding hydrogens is 271 g/mol. The summed E-state index contributed by atoms with van der Waals surface area (Å²) in [5, 5.41) is 8.09. The summed E-state index contributed by atoms with van der Waals surface area (Å²) in [5.41, 5.74) is -1.62. The normalized spacial score (nSPS) is 10.9. The van der Waals surface area contributed by atoms with Crippen LogP contribution in [0, 0.1) is 11.3 Å². The first kappa shape index (κ1) is 14.3. The van der Waals surface area contributed by atoms with E-state index in [-0.39, 0.29) is 12.0 Å². The predicted octanol–water partition coefficient (Wildman–Crippen LogP) is 2.95. The molecule has 0 saturated heterocycles. The van der Waals surface area contributed by atoms with Crippen molar-refractivity contribution in [2.75, 3.05) is 7.11 Å². The molecule has 1 aromatic carbocycles. The van der Waals surface area contributed by atoms with Gasteiger partial charge in [-0.25, -0.2) is 0 Å². The first-order chi connectivity index (χ1) is 8.29. The zero-order chi connectivity index (χ0) is 13.9. The van der Waals surface area contributed by atoms with Crippen LogP contribution in [0.25, 0.3) is 0 Å². The summed E-state index contributed by atoms with van der Waals surface area (Å²) >= 11 is 5.50. The molecule has 0 spiro atoms. The Balaban J connectivity index is 3.29. The molecule has 0 radical (unpaired) electrons. The number of halogens is 4. The fourth-order valence-electron chi connectivity index (χ4n) is 1.38. The van der Waals surface area contributed by atoms with Gasteiger partial charge in [0.2, 0.25) is 0 Å². The van der Waals surface area contributed by atoms with Gasteiger partial charge in [0.25, 0.3) is 0 Å². The van der Waals surface area contributed by atoms with Gasteiger partial charge < -0.3 is 4.74 Å². The van der Waals surface area contributed by atoms with Crippen molar-refractivity contribution in [1.29, 1.82) is 5.26 Å². The Morgan fingerprint density at radius 3 is 2.56 bits per heavy atom. The molecular formula is C11H7ClF3NO2. The van der Waals surface area contributed by atoms with Crippen LogP contribution in [0.2, 0.25) is 5.02 Å². The second-order valence-electron chi connectivity index (χ2n) is 3.36.